The number of amides is 1. The lowest BCUT2D eigenvalue weighted by Crippen LogP contribution is -2.37. The van der Waals surface area contributed by atoms with Gasteiger partial charge in [0.15, 0.2) is 0 Å². The van der Waals surface area contributed by atoms with Crippen molar-refractivity contribution in [2.45, 2.75) is 67.3 Å². The highest BCUT2D eigenvalue weighted by molar-refractivity contribution is 8.00. The van der Waals surface area contributed by atoms with E-state index in [9.17, 15) is 18.0 Å². The van der Waals surface area contributed by atoms with Crippen molar-refractivity contribution in [2.24, 2.45) is 0 Å². The van der Waals surface area contributed by atoms with Gasteiger partial charge in [0.2, 0.25) is 0 Å². The summed E-state index contributed by atoms with van der Waals surface area (Å²) in [6.45, 7) is 1.46. The van der Waals surface area contributed by atoms with Crippen LogP contribution in [0.15, 0.2) is 23.1 Å². The predicted octanol–water partition coefficient (Wildman–Crippen LogP) is 5.68. The molecule has 0 aromatic heterocycles. The Hall–Kier alpha value is -1.57. The third-order valence-electron chi connectivity index (χ3n) is 5.26. The van der Waals surface area contributed by atoms with Gasteiger partial charge >= 0.3 is 12.3 Å². The standard InChI is InChI=1S/C13H14F3NS.C6H11NO2/c14-13(15,16)8-5-6-10-12(7-8)18-11-4-2-1-3-9(11)17-10;8-6(9)7-4-2-1-3-5-7/h5-7,9,11,17H,1-4H2;1-5H2,(H,8,9). The maximum Gasteiger partial charge on any atom is 0.416 e. The lowest BCUT2D eigenvalue weighted by atomic mass is 9.94. The Kier molecular flexibility index (Phi) is 6.44. The molecule has 0 radical (unpaired) electrons. The van der Waals surface area contributed by atoms with Crippen molar-refractivity contribution in [3.63, 3.8) is 0 Å². The first kappa shape index (κ1) is 20.2. The van der Waals surface area contributed by atoms with Crippen LogP contribution in [-0.2, 0) is 6.18 Å². The number of nitrogens with one attached hydrogen (secondary N) is 1. The first-order chi connectivity index (χ1) is 12.8. The number of benzene rings is 1. The number of fused-ring (bicyclic) bond motifs is 2. The molecule has 150 valence electrons. The van der Waals surface area contributed by atoms with E-state index in [0.717, 1.165) is 55.4 Å². The van der Waals surface area contributed by atoms with Crippen LogP contribution in [0.25, 0.3) is 0 Å². The lowest BCUT2D eigenvalue weighted by molar-refractivity contribution is -0.137. The lowest BCUT2D eigenvalue weighted by Gasteiger charge is -2.37. The summed E-state index contributed by atoms with van der Waals surface area (Å²) in [7, 11) is 0. The average Bonchev–Trinajstić information content (AvgIpc) is 2.66. The van der Waals surface area contributed by atoms with E-state index in [1.54, 1.807) is 17.8 Å². The van der Waals surface area contributed by atoms with Crippen molar-refractivity contribution in [3.05, 3.63) is 23.8 Å². The van der Waals surface area contributed by atoms with Crippen LogP contribution in [0.4, 0.5) is 23.7 Å². The van der Waals surface area contributed by atoms with Gasteiger partial charge in [-0.15, -0.1) is 11.8 Å². The molecule has 4 nitrogen and oxygen atoms in total. The summed E-state index contributed by atoms with van der Waals surface area (Å²) in [4.78, 5) is 12.5. The number of rotatable bonds is 0. The van der Waals surface area contributed by atoms with Gasteiger partial charge < -0.3 is 15.3 Å². The van der Waals surface area contributed by atoms with E-state index in [0.29, 0.717) is 11.3 Å². The third kappa shape index (κ3) is 5.24. The Bertz CT molecular complexity index is 663. The largest absolute Gasteiger partial charge is 0.465 e. The van der Waals surface area contributed by atoms with Gasteiger partial charge in [-0.1, -0.05) is 12.8 Å². The van der Waals surface area contributed by atoms with E-state index in [4.69, 9.17) is 5.11 Å². The first-order valence-electron chi connectivity index (χ1n) is 9.47. The Labute approximate surface area is 161 Å². The number of carbonyl (C=O) groups is 1. The van der Waals surface area contributed by atoms with Gasteiger partial charge in [-0.05, 0) is 50.3 Å². The van der Waals surface area contributed by atoms with Crippen LogP contribution in [-0.4, -0.2) is 40.5 Å². The van der Waals surface area contributed by atoms with Gasteiger partial charge in [-0.3, -0.25) is 0 Å². The van der Waals surface area contributed by atoms with Gasteiger partial charge in [0.1, 0.15) is 0 Å². The normalized spacial score (nSPS) is 24.6. The molecular formula is C19H25F3N2O2S. The number of hydrogen-bond donors (Lipinski definition) is 2. The van der Waals surface area contributed by atoms with Crippen LogP contribution in [0, 0.1) is 0 Å². The van der Waals surface area contributed by atoms with Gasteiger partial charge in [-0.25, -0.2) is 4.79 Å². The van der Waals surface area contributed by atoms with Crippen molar-refractivity contribution in [1.29, 1.82) is 0 Å². The molecule has 3 aliphatic rings. The van der Waals surface area contributed by atoms with Gasteiger partial charge in [0.25, 0.3) is 0 Å². The van der Waals surface area contributed by atoms with Crippen molar-refractivity contribution < 1.29 is 23.1 Å². The smallest absolute Gasteiger partial charge is 0.416 e. The van der Waals surface area contributed by atoms with E-state index in [-0.39, 0.29) is 0 Å². The highest BCUT2D eigenvalue weighted by Crippen LogP contribution is 2.45. The summed E-state index contributed by atoms with van der Waals surface area (Å²) < 4.78 is 38.0. The molecule has 0 spiro atoms. The molecule has 1 aliphatic carbocycles. The summed E-state index contributed by atoms with van der Waals surface area (Å²) >= 11 is 1.61. The van der Waals surface area contributed by atoms with E-state index in [1.165, 1.54) is 30.2 Å². The molecule has 1 saturated heterocycles. The number of nitrogens with zero attached hydrogens (tertiary/aromatic N) is 1. The van der Waals surface area contributed by atoms with Crippen LogP contribution in [0.2, 0.25) is 0 Å². The molecular weight excluding hydrogens is 377 g/mol. The second-order valence-electron chi connectivity index (χ2n) is 7.23. The van der Waals surface area contributed by atoms with Crippen LogP contribution in [0.3, 0.4) is 0 Å². The second-order valence-corrected chi connectivity index (χ2v) is 8.51. The minimum Gasteiger partial charge on any atom is -0.465 e. The number of likely N-dealkylation sites (tertiary alicyclic amines) is 1. The van der Waals surface area contributed by atoms with Crippen LogP contribution in [0.1, 0.15) is 50.5 Å². The molecule has 2 N–H and O–H groups in total. The Morgan fingerprint density at radius 2 is 1.81 bits per heavy atom. The Balaban J connectivity index is 0.000000197. The molecule has 27 heavy (non-hydrogen) atoms. The van der Waals surface area contributed by atoms with Gasteiger partial charge in [0.05, 0.1) is 5.56 Å². The van der Waals surface area contributed by atoms with Crippen LogP contribution in [0.5, 0.6) is 0 Å². The van der Waals surface area contributed by atoms with E-state index in [2.05, 4.69) is 5.32 Å². The molecule has 1 aromatic rings. The van der Waals surface area contributed by atoms with Crippen molar-refractivity contribution >= 4 is 23.5 Å². The molecule has 1 amide bonds. The first-order valence-corrected chi connectivity index (χ1v) is 10.3. The molecule has 1 aromatic carbocycles. The molecule has 4 rings (SSSR count). The topological polar surface area (TPSA) is 52.6 Å². The fourth-order valence-corrected chi connectivity index (χ4v) is 5.19. The number of thioether (sulfide) groups is 1. The number of carboxylic acid groups (broad SMARTS) is 1. The quantitative estimate of drug-likeness (QED) is 0.586. The van der Waals surface area contributed by atoms with Crippen molar-refractivity contribution in [1.82, 2.24) is 4.90 Å². The number of piperidine rings is 1. The second kappa shape index (κ2) is 8.63. The molecule has 2 heterocycles. The SMILES string of the molecule is FC(F)(F)c1ccc2c(c1)SC1CCCCC1N2.O=C(O)N1CCCCC1. The van der Waals surface area contributed by atoms with E-state index < -0.39 is 17.8 Å². The van der Waals surface area contributed by atoms with Gasteiger partial charge in [-0.2, -0.15) is 13.2 Å². The zero-order valence-electron chi connectivity index (χ0n) is 15.1. The Morgan fingerprint density at radius 1 is 1.11 bits per heavy atom. The fourth-order valence-electron chi connectivity index (χ4n) is 3.77. The minimum atomic E-state index is -4.25. The molecule has 2 atom stereocenters. The number of halogens is 3. The van der Waals surface area contributed by atoms with Gasteiger partial charge in [0, 0.05) is 35.0 Å². The number of anilines is 1. The molecule has 2 aliphatic heterocycles. The summed E-state index contributed by atoms with van der Waals surface area (Å²) in [6.07, 6.45) is 2.85. The summed E-state index contributed by atoms with van der Waals surface area (Å²) in [6, 6.07) is 4.43. The third-order valence-corrected chi connectivity index (χ3v) is 6.72. The minimum absolute atomic E-state index is 0.424. The van der Waals surface area contributed by atoms with E-state index in [1.807, 2.05) is 0 Å². The molecule has 8 heteroatoms. The summed E-state index contributed by atoms with van der Waals surface area (Å²) in [5, 5.41) is 12.3. The van der Waals surface area contributed by atoms with Crippen molar-refractivity contribution in [3.8, 4) is 0 Å². The summed E-state index contributed by atoms with van der Waals surface area (Å²) in [5.41, 5.74) is 0.306. The average molecular weight is 402 g/mol. The fraction of sp³-hybridized carbons (Fsp3) is 0.632. The highest BCUT2D eigenvalue weighted by atomic mass is 32.2. The maximum atomic E-state index is 12.7. The number of hydrogen-bond acceptors (Lipinski definition) is 3. The Morgan fingerprint density at radius 3 is 2.44 bits per heavy atom. The zero-order valence-corrected chi connectivity index (χ0v) is 15.9. The van der Waals surface area contributed by atoms with Crippen molar-refractivity contribution in [2.75, 3.05) is 18.4 Å². The number of alkyl halides is 3. The maximum absolute atomic E-state index is 12.7. The highest BCUT2D eigenvalue weighted by Gasteiger charge is 2.34. The molecule has 2 fully saturated rings. The van der Waals surface area contributed by atoms with Crippen LogP contribution >= 0.6 is 11.8 Å². The monoisotopic (exact) mass is 402 g/mol. The van der Waals surface area contributed by atoms with Crippen LogP contribution < -0.4 is 5.32 Å². The molecule has 2 unspecified atom stereocenters. The molecule has 1 saturated carbocycles. The van der Waals surface area contributed by atoms with E-state index >= 15 is 0 Å². The molecule has 0 bridgehead atoms. The zero-order chi connectivity index (χ0) is 19.4. The summed E-state index contributed by atoms with van der Waals surface area (Å²) in [5.74, 6) is 0. The predicted molar refractivity (Wildman–Crippen MR) is 100 cm³/mol.